The highest BCUT2D eigenvalue weighted by atomic mass is 19.1. The van der Waals surface area contributed by atoms with Crippen LogP contribution in [0.2, 0.25) is 0 Å². The lowest BCUT2D eigenvalue weighted by Crippen LogP contribution is -2.27. The first-order valence-corrected chi connectivity index (χ1v) is 12.4. The first-order valence-electron chi connectivity index (χ1n) is 12.4. The summed E-state index contributed by atoms with van der Waals surface area (Å²) in [5.41, 5.74) is 4.09. The standard InChI is InChI=1S/C28H33FN6O/c1-28(2,29)25-14-21(9-10-30-25)32-24-15-26(31-16-23(24)27(36)34-19-7-8-19)33-20-6-5-17-12-22(35(3)4)13-18(17)11-20/h5-6,9-11,14-16,19,22H,7-8,12-13H2,1-4H3,(H,34,36)(H2,30,31,32,33). The van der Waals surface area contributed by atoms with E-state index >= 15 is 0 Å². The highest BCUT2D eigenvalue weighted by Crippen LogP contribution is 2.31. The van der Waals surface area contributed by atoms with Gasteiger partial charge in [0, 0.05) is 41.9 Å². The molecule has 8 heteroatoms. The summed E-state index contributed by atoms with van der Waals surface area (Å²) < 4.78 is 14.5. The van der Waals surface area contributed by atoms with Gasteiger partial charge in [0.2, 0.25) is 0 Å². The summed E-state index contributed by atoms with van der Waals surface area (Å²) in [5.74, 6) is 0.439. The molecule has 1 aromatic carbocycles. The van der Waals surface area contributed by atoms with Crippen LogP contribution in [-0.4, -0.2) is 47.0 Å². The molecule has 2 aliphatic carbocycles. The minimum absolute atomic E-state index is 0.175. The van der Waals surface area contributed by atoms with E-state index in [0.29, 0.717) is 34.5 Å². The molecule has 2 aromatic heterocycles. The summed E-state index contributed by atoms with van der Waals surface area (Å²) >= 11 is 0. The monoisotopic (exact) mass is 488 g/mol. The molecule has 1 unspecified atom stereocenters. The van der Waals surface area contributed by atoms with Crippen molar-refractivity contribution in [1.82, 2.24) is 20.2 Å². The maximum absolute atomic E-state index is 14.5. The Balaban J connectivity index is 1.41. The van der Waals surface area contributed by atoms with Crippen molar-refractivity contribution in [3.63, 3.8) is 0 Å². The lowest BCUT2D eigenvalue weighted by molar-refractivity contribution is 0.0951. The van der Waals surface area contributed by atoms with Crippen LogP contribution in [0, 0.1) is 0 Å². The van der Waals surface area contributed by atoms with Crippen molar-refractivity contribution in [2.24, 2.45) is 0 Å². The average Bonchev–Trinajstić information content (AvgIpc) is 3.53. The molecule has 0 bridgehead atoms. The Morgan fingerprint density at radius 2 is 1.75 bits per heavy atom. The van der Waals surface area contributed by atoms with Crippen LogP contribution >= 0.6 is 0 Å². The highest BCUT2D eigenvalue weighted by molar-refractivity contribution is 6.00. The number of hydrogen-bond acceptors (Lipinski definition) is 6. The molecule has 5 rings (SSSR count). The second-order valence-corrected chi connectivity index (χ2v) is 10.5. The fourth-order valence-electron chi connectivity index (χ4n) is 4.47. The number of alkyl halides is 1. The molecule has 1 atom stereocenters. The number of halogens is 1. The van der Waals surface area contributed by atoms with E-state index in [1.807, 2.05) is 6.07 Å². The number of likely N-dealkylation sites (N-methyl/N-ethyl adjacent to an activating group) is 1. The van der Waals surface area contributed by atoms with Gasteiger partial charge < -0.3 is 20.9 Å². The first-order chi connectivity index (χ1) is 17.2. The molecule has 1 amide bonds. The van der Waals surface area contributed by atoms with Crippen molar-refractivity contribution in [1.29, 1.82) is 0 Å². The Kier molecular flexibility index (Phi) is 6.38. The fourth-order valence-corrected chi connectivity index (χ4v) is 4.47. The van der Waals surface area contributed by atoms with Crippen molar-refractivity contribution in [3.8, 4) is 0 Å². The summed E-state index contributed by atoms with van der Waals surface area (Å²) in [6.45, 7) is 2.94. The van der Waals surface area contributed by atoms with Crippen LogP contribution in [0.1, 0.15) is 53.9 Å². The number of carbonyl (C=O) groups is 1. The molecule has 188 valence electrons. The third-order valence-corrected chi connectivity index (χ3v) is 6.83. The Morgan fingerprint density at radius 1 is 1.00 bits per heavy atom. The van der Waals surface area contributed by atoms with Crippen LogP contribution in [0.5, 0.6) is 0 Å². The van der Waals surface area contributed by atoms with E-state index in [1.165, 1.54) is 25.0 Å². The van der Waals surface area contributed by atoms with Gasteiger partial charge in [0.15, 0.2) is 0 Å². The van der Waals surface area contributed by atoms with Crippen molar-refractivity contribution in [2.75, 3.05) is 24.7 Å². The van der Waals surface area contributed by atoms with Gasteiger partial charge in [-0.05, 0) is 89.0 Å². The van der Waals surface area contributed by atoms with Gasteiger partial charge in [-0.25, -0.2) is 9.37 Å². The predicted molar refractivity (Wildman–Crippen MR) is 141 cm³/mol. The lowest BCUT2D eigenvalue weighted by atomic mass is 10.1. The van der Waals surface area contributed by atoms with E-state index in [1.54, 1.807) is 24.5 Å². The number of fused-ring (bicyclic) bond motifs is 1. The third kappa shape index (κ3) is 5.49. The topological polar surface area (TPSA) is 82.2 Å². The van der Waals surface area contributed by atoms with Crippen LogP contribution < -0.4 is 16.0 Å². The zero-order chi connectivity index (χ0) is 25.4. The second kappa shape index (κ2) is 9.50. The largest absolute Gasteiger partial charge is 0.355 e. The van der Waals surface area contributed by atoms with Gasteiger partial charge in [-0.3, -0.25) is 9.78 Å². The van der Waals surface area contributed by atoms with E-state index in [2.05, 4.69) is 63.1 Å². The minimum atomic E-state index is -1.58. The molecular weight excluding hydrogens is 455 g/mol. The van der Waals surface area contributed by atoms with E-state index < -0.39 is 5.67 Å². The molecule has 3 N–H and O–H groups in total. The molecular formula is C28H33FN6O. The zero-order valence-corrected chi connectivity index (χ0v) is 21.2. The summed E-state index contributed by atoms with van der Waals surface area (Å²) in [5, 5.41) is 9.71. The quantitative estimate of drug-likeness (QED) is 0.410. The summed E-state index contributed by atoms with van der Waals surface area (Å²) in [4.78, 5) is 23.9. The summed E-state index contributed by atoms with van der Waals surface area (Å²) in [7, 11) is 4.24. The van der Waals surface area contributed by atoms with Crippen molar-refractivity contribution < 1.29 is 9.18 Å². The Bertz CT molecular complexity index is 1280. The van der Waals surface area contributed by atoms with Gasteiger partial charge in [0.05, 0.1) is 16.9 Å². The van der Waals surface area contributed by atoms with Crippen molar-refractivity contribution in [2.45, 2.75) is 57.3 Å². The number of nitrogens with zero attached hydrogens (tertiary/aromatic N) is 3. The van der Waals surface area contributed by atoms with Crippen LogP contribution in [-0.2, 0) is 18.5 Å². The number of aromatic nitrogens is 2. The molecule has 36 heavy (non-hydrogen) atoms. The second-order valence-electron chi connectivity index (χ2n) is 10.5. The molecule has 0 spiro atoms. The van der Waals surface area contributed by atoms with Crippen LogP contribution in [0.3, 0.4) is 0 Å². The maximum atomic E-state index is 14.5. The van der Waals surface area contributed by atoms with Crippen LogP contribution in [0.4, 0.5) is 27.3 Å². The number of nitrogens with one attached hydrogen (secondary N) is 3. The summed E-state index contributed by atoms with van der Waals surface area (Å²) in [6, 6.07) is 12.4. The van der Waals surface area contributed by atoms with E-state index in [0.717, 1.165) is 31.4 Å². The number of pyridine rings is 2. The van der Waals surface area contributed by atoms with E-state index in [9.17, 15) is 9.18 Å². The van der Waals surface area contributed by atoms with Gasteiger partial charge in [0.25, 0.3) is 5.91 Å². The predicted octanol–water partition coefficient (Wildman–Crippen LogP) is 5.09. The van der Waals surface area contributed by atoms with E-state index in [4.69, 9.17) is 0 Å². The Labute approximate surface area is 211 Å². The normalized spacial score (nSPS) is 17.1. The number of carbonyl (C=O) groups excluding carboxylic acids is 1. The number of amides is 1. The van der Waals surface area contributed by atoms with Gasteiger partial charge >= 0.3 is 0 Å². The molecule has 1 fully saturated rings. The number of anilines is 4. The molecule has 2 aliphatic rings. The van der Waals surface area contributed by atoms with Crippen molar-refractivity contribution in [3.05, 3.63) is 71.2 Å². The molecule has 1 saturated carbocycles. The molecule has 0 saturated heterocycles. The van der Waals surface area contributed by atoms with Crippen LogP contribution in [0.15, 0.2) is 48.8 Å². The van der Waals surface area contributed by atoms with Gasteiger partial charge in [-0.2, -0.15) is 0 Å². The molecule has 0 radical (unpaired) electrons. The lowest BCUT2D eigenvalue weighted by Gasteiger charge is -2.17. The SMILES string of the molecule is CN(C)C1Cc2ccc(Nc3cc(Nc4ccnc(C(C)(C)F)c4)c(C(=O)NC4CC4)cn3)cc2C1. The molecule has 0 aliphatic heterocycles. The van der Waals surface area contributed by atoms with Crippen LogP contribution in [0.25, 0.3) is 0 Å². The highest BCUT2D eigenvalue weighted by Gasteiger charge is 2.26. The van der Waals surface area contributed by atoms with Gasteiger partial charge in [-0.15, -0.1) is 0 Å². The van der Waals surface area contributed by atoms with Gasteiger partial charge in [0.1, 0.15) is 11.5 Å². The van der Waals surface area contributed by atoms with Gasteiger partial charge in [-0.1, -0.05) is 6.07 Å². The first kappa shape index (κ1) is 24.2. The molecule has 7 nitrogen and oxygen atoms in total. The fraction of sp³-hybridized carbons (Fsp3) is 0.393. The molecule has 2 heterocycles. The average molecular weight is 489 g/mol. The Hall–Kier alpha value is -3.52. The molecule has 3 aromatic rings. The van der Waals surface area contributed by atoms with E-state index in [-0.39, 0.29) is 11.9 Å². The maximum Gasteiger partial charge on any atom is 0.255 e. The Morgan fingerprint density at radius 3 is 2.47 bits per heavy atom. The van der Waals surface area contributed by atoms with Crippen molar-refractivity contribution >= 4 is 28.8 Å². The number of hydrogen-bond donors (Lipinski definition) is 3. The minimum Gasteiger partial charge on any atom is -0.355 e. The number of benzene rings is 1. The smallest absolute Gasteiger partial charge is 0.255 e. The summed E-state index contributed by atoms with van der Waals surface area (Å²) in [6.07, 6.45) is 7.21. The third-order valence-electron chi connectivity index (χ3n) is 6.83. The number of rotatable bonds is 8. The zero-order valence-electron chi connectivity index (χ0n) is 21.2.